The maximum atomic E-state index is 11.3. The van der Waals surface area contributed by atoms with Crippen molar-refractivity contribution in [3.05, 3.63) is 0 Å². The summed E-state index contributed by atoms with van der Waals surface area (Å²) in [4.78, 5) is 11.3. The Balaban J connectivity index is 2.22. The number of carbonyl (C=O) groups excluding carboxylic acids is 1. The van der Waals surface area contributed by atoms with E-state index >= 15 is 0 Å². The third-order valence-corrected chi connectivity index (χ3v) is 2.60. The van der Waals surface area contributed by atoms with Gasteiger partial charge in [0.2, 0.25) is 0 Å². The molecule has 2 atom stereocenters. The van der Waals surface area contributed by atoms with Gasteiger partial charge < -0.3 is 14.2 Å². The SMILES string of the molecule is CC(C)C(C)OC(=O)OC1CCCOC1. The highest BCUT2D eigenvalue weighted by Crippen LogP contribution is 2.12. The van der Waals surface area contributed by atoms with Gasteiger partial charge in [0.25, 0.3) is 0 Å². The van der Waals surface area contributed by atoms with Gasteiger partial charge in [0.05, 0.1) is 6.61 Å². The lowest BCUT2D eigenvalue weighted by Crippen LogP contribution is -2.30. The summed E-state index contributed by atoms with van der Waals surface area (Å²) in [5.74, 6) is 0.306. The standard InChI is InChI=1S/C11H20O4/c1-8(2)9(3)14-11(12)15-10-5-4-6-13-7-10/h8-10H,4-7H2,1-3H3. The molecule has 1 heterocycles. The number of rotatable bonds is 3. The monoisotopic (exact) mass is 216 g/mol. The van der Waals surface area contributed by atoms with Crippen molar-refractivity contribution in [2.75, 3.05) is 13.2 Å². The van der Waals surface area contributed by atoms with Gasteiger partial charge in [-0.1, -0.05) is 13.8 Å². The van der Waals surface area contributed by atoms with Gasteiger partial charge in [-0.25, -0.2) is 4.79 Å². The average molecular weight is 216 g/mol. The van der Waals surface area contributed by atoms with Crippen molar-refractivity contribution in [3.63, 3.8) is 0 Å². The Kier molecular flexibility index (Phi) is 4.88. The lowest BCUT2D eigenvalue weighted by molar-refractivity contribution is -0.0554. The van der Waals surface area contributed by atoms with E-state index in [0.29, 0.717) is 12.5 Å². The van der Waals surface area contributed by atoms with E-state index in [1.54, 1.807) is 0 Å². The van der Waals surface area contributed by atoms with Crippen LogP contribution < -0.4 is 0 Å². The molecule has 4 heteroatoms. The molecule has 1 saturated heterocycles. The topological polar surface area (TPSA) is 44.8 Å². The Bertz CT molecular complexity index is 197. The molecular formula is C11H20O4. The van der Waals surface area contributed by atoms with Crippen molar-refractivity contribution in [3.8, 4) is 0 Å². The molecule has 1 aliphatic rings. The number of hydrogen-bond acceptors (Lipinski definition) is 4. The Hall–Kier alpha value is -0.770. The van der Waals surface area contributed by atoms with E-state index in [4.69, 9.17) is 14.2 Å². The molecule has 2 unspecified atom stereocenters. The normalized spacial score (nSPS) is 23.6. The van der Waals surface area contributed by atoms with E-state index in [9.17, 15) is 4.79 Å². The summed E-state index contributed by atoms with van der Waals surface area (Å²) >= 11 is 0. The molecule has 0 aromatic heterocycles. The Morgan fingerprint density at radius 2 is 2.13 bits per heavy atom. The second-order valence-electron chi connectivity index (χ2n) is 4.27. The number of hydrogen-bond donors (Lipinski definition) is 0. The predicted molar refractivity (Wildman–Crippen MR) is 55.7 cm³/mol. The predicted octanol–water partition coefficient (Wildman–Crippen LogP) is 2.36. The summed E-state index contributed by atoms with van der Waals surface area (Å²) in [6, 6.07) is 0. The molecule has 0 spiro atoms. The summed E-state index contributed by atoms with van der Waals surface area (Å²) in [6.45, 7) is 7.12. The minimum Gasteiger partial charge on any atom is -0.431 e. The van der Waals surface area contributed by atoms with Crippen LogP contribution in [0, 0.1) is 5.92 Å². The zero-order valence-electron chi connectivity index (χ0n) is 9.69. The van der Waals surface area contributed by atoms with Gasteiger partial charge in [0.1, 0.15) is 12.2 Å². The number of ether oxygens (including phenoxy) is 3. The van der Waals surface area contributed by atoms with Gasteiger partial charge >= 0.3 is 6.16 Å². The molecule has 0 N–H and O–H groups in total. The fourth-order valence-electron chi connectivity index (χ4n) is 1.26. The lowest BCUT2D eigenvalue weighted by Gasteiger charge is -2.23. The summed E-state index contributed by atoms with van der Waals surface area (Å²) in [5, 5.41) is 0. The number of carbonyl (C=O) groups is 1. The van der Waals surface area contributed by atoms with E-state index in [1.807, 2.05) is 20.8 Å². The molecule has 0 aromatic rings. The van der Waals surface area contributed by atoms with Crippen LogP contribution in [0.4, 0.5) is 4.79 Å². The minimum atomic E-state index is -0.577. The first kappa shape index (κ1) is 12.3. The minimum absolute atomic E-state index is 0.109. The lowest BCUT2D eigenvalue weighted by atomic mass is 10.1. The molecule has 0 saturated carbocycles. The third kappa shape index (κ3) is 4.51. The van der Waals surface area contributed by atoms with Crippen LogP contribution in [0.15, 0.2) is 0 Å². The van der Waals surface area contributed by atoms with Gasteiger partial charge in [-0.15, -0.1) is 0 Å². The Morgan fingerprint density at radius 1 is 1.40 bits per heavy atom. The largest absolute Gasteiger partial charge is 0.508 e. The highest BCUT2D eigenvalue weighted by molar-refractivity contribution is 5.60. The smallest absolute Gasteiger partial charge is 0.431 e. The Labute approximate surface area is 90.9 Å². The molecule has 0 aromatic carbocycles. The van der Waals surface area contributed by atoms with Crippen LogP contribution in [0.3, 0.4) is 0 Å². The molecule has 0 radical (unpaired) electrons. The van der Waals surface area contributed by atoms with Gasteiger partial charge in [-0.3, -0.25) is 0 Å². The van der Waals surface area contributed by atoms with E-state index in [-0.39, 0.29) is 12.2 Å². The van der Waals surface area contributed by atoms with Crippen LogP contribution in [-0.4, -0.2) is 31.6 Å². The first-order valence-corrected chi connectivity index (χ1v) is 5.54. The van der Waals surface area contributed by atoms with Crippen LogP contribution in [0.2, 0.25) is 0 Å². The fourth-order valence-corrected chi connectivity index (χ4v) is 1.26. The van der Waals surface area contributed by atoms with Gasteiger partial charge in [-0.05, 0) is 25.7 Å². The average Bonchev–Trinajstić information content (AvgIpc) is 2.18. The maximum Gasteiger partial charge on any atom is 0.508 e. The molecule has 88 valence electrons. The first-order valence-electron chi connectivity index (χ1n) is 5.54. The van der Waals surface area contributed by atoms with E-state index < -0.39 is 6.16 Å². The third-order valence-electron chi connectivity index (χ3n) is 2.60. The van der Waals surface area contributed by atoms with Crippen molar-refractivity contribution in [2.45, 2.75) is 45.8 Å². The molecule has 1 rings (SSSR count). The molecule has 15 heavy (non-hydrogen) atoms. The van der Waals surface area contributed by atoms with Crippen LogP contribution in [-0.2, 0) is 14.2 Å². The molecule has 1 aliphatic heterocycles. The first-order chi connectivity index (χ1) is 7.09. The highest BCUT2D eigenvalue weighted by atomic mass is 16.7. The maximum absolute atomic E-state index is 11.3. The van der Waals surface area contributed by atoms with Crippen LogP contribution in [0.5, 0.6) is 0 Å². The van der Waals surface area contributed by atoms with Gasteiger partial charge in [0, 0.05) is 6.61 Å². The van der Waals surface area contributed by atoms with Crippen LogP contribution in [0.1, 0.15) is 33.6 Å². The van der Waals surface area contributed by atoms with Crippen molar-refractivity contribution < 1.29 is 19.0 Å². The van der Waals surface area contributed by atoms with Crippen molar-refractivity contribution in [1.29, 1.82) is 0 Å². The van der Waals surface area contributed by atoms with E-state index in [2.05, 4.69) is 0 Å². The zero-order valence-corrected chi connectivity index (χ0v) is 9.69. The molecule has 0 amide bonds. The molecular weight excluding hydrogens is 196 g/mol. The van der Waals surface area contributed by atoms with Gasteiger partial charge in [0.15, 0.2) is 0 Å². The van der Waals surface area contributed by atoms with Gasteiger partial charge in [-0.2, -0.15) is 0 Å². The fraction of sp³-hybridized carbons (Fsp3) is 0.909. The van der Waals surface area contributed by atoms with Crippen molar-refractivity contribution in [2.24, 2.45) is 5.92 Å². The quantitative estimate of drug-likeness (QED) is 0.679. The molecule has 0 aliphatic carbocycles. The Morgan fingerprint density at radius 3 is 2.67 bits per heavy atom. The zero-order chi connectivity index (χ0) is 11.3. The summed E-state index contributed by atoms with van der Waals surface area (Å²) in [7, 11) is 0. The van der Waals surface area contributed by atoms with Crippen LogP contribution in [0.25, 0.3) is 0 Å². The molecule has 0 bridgehead atoms. The second-order valence-corrected chi connectivity index (χ2v) is 4.27. The summed E-state index contributed by atoms with van der Waals surface area (Å²) < 4.78 is 15.4. The molecule has 1 fully saturated rings. The summed E-state index contributed by atoms with van der Waals surface area (Å²) in [6.07, 6.45) is 0.988. The molecule has 4 nitrogen and oxygen atoms in total. The second kappa shape index (κ2) is 5.95. The van der Waals surface area contributed by atoms with E-state index in [1.165, 1.54) is 0 Å². The van der Waals surface area contributed by atoms with Crippen LogP contribution >= 0.6 is 0 Å². The van der Waals surface area contributed by atoms with Crippen molar-refractivity contribution >= 4 is 6.16 Å². The van der Waals surface area contributed by atoms with E-state index in [0.717, 1.165) is 19.4 Å². The highest BCUT2D eigenvalue weighted by Gasteiger charge is 2.21. The van der Waals surface area contributed by atoms with Crippen molar-refractivity contribution in [1.82, 2.24) is 0 Å². The summed E-state index contributed by atoms with van der Waals surface area (Å²) in [5.41, 5.74) is 0.